The summed E-state index contributed by atoms with van der Waals surface area (Å²) in [5.41, 5.74) is 1.59. The Hall–Kier alpha value is -2.35. The Kier molecular flexibility index (Phi) is 5.42. The van der Waals surface area contributed by atoms with Crippen molar-refractivity contribution in [2.45, 2.75) is 6.54 Å². The number of nitrogens with zero attached hydrogens (tertiary/aromatic N) is 1. The van der Waals surface area contributed by atoms with Crippen molar-refractivity contribution in [3.05, 3.63) is 59.4 Å². The minimum Gasteiger partial charge on any atom is -0.321 e. The summed E-state index contributed by atoms with van der Waals surface area (Å²) in [6.45, 7) is 5.33. The van der Waals surface area contributed by atoms with Gasteiger partial charge in [0.2, 0.25) is 0 Å². The fraction of sp³-hybridized carbons (Fsp3) is 0.300. The number of para-hydroxylation sites is 1. The molecule has 2 heterocycles. The summed E-state index contributed by atoms with van der Waals surface area (Å²) in [5, 5.41) is 3.96. The summed E-state index contributed by atoms with van der Waals surface area (Å²) in [7, 11) is 0. The Morgan fingerprint density at radius 2 is 1.85 bits per heavy atom. The molecule has 0 aliphatic carbocycles. The number of anilines is 1. The van der Waals surface area contributed by atoms with Gasteiger partial charge in [0.1, 0.15) is 43.5 Å². The molecular formula is C20H23FN4OS+2. The maximum atomic E-state index is 13.2. The number of nitrogens with one attached hydrogen (secondary N) is 3. The van der Waals surface area contributed by atoms with Gasteiger partial charge in [0.05, 0.1) is 10.2 Å². The lowest BCUT2D eigenvalue weighted by atomic mass is 10.3. The van der Waals surface area contributed by atoms with Crippen LogP contribution in [0.5, 0.6) is 0 Å². The zero-order valence-electron chi connectivity index (χ0n) is 15.0. The van der Waals surface area contributed by atoms with Crippen LogP contribution in [0.3, 0.4) is 0 Å². The molecule has 1 aliphatic rings. The van der Waals surface area contributed by atoms with Crippen LogP contribution in [-0.2, 0) is 11.3 Å². The van der Waals surface area contributed by atoms with Crippen molar-refractivity contribution < 1.29 is 19.0 Å². The van der Waals surface area contributed by atoms with E-state index in [0.29, 0.717) is 12.2 Å². The Labute approximate surface area is 161 Å². The van der Waals surface area contributed by atoms with Gasteiger partial charge < -0.3 is 15.1 Å². The Morgan fingerprint density at radius 3 is 2.63 bits per heavy atom. The molecule has 1 saturated heterocycles. The molecule has 27 heavy (non-hydrogen) atoms. The average Bonchev–Trinajstić information content (AvgIpc) is 3.05. The fourth-order valence-electron chi connectivity index (χ4n) is 3.52. The molecule has 3 N–H and O–H groups in total. The van der Waals surface area contributed by atoms with E-state index < -0.39 is 0 Å². The summed E-state index contributed by atoms with van der Waals surface area (Å²) in [6, 6.07) is 14.3. The van der Waals surface area contributed by atoms with E-state index in [-0.39, 0.29) is 11.7 Å². The molecule has 0 unspecified atom stereocenters. The highest BCUT2D eigenvalue weighted by Crippen LogP contribution is 2.20. The number of carbonyl (C=O) groups is 1. The summed E-state index contributed by atoms with van der Waals surface area (Å²) < 4.78 is 14.4. The number of thiazole rings is 1. The first-order chi connectivity index (χ1) is 13.2. The fourth-order valence-corrected chi connectivity index (χ4v) is 4.56. The van der Waals surface area contributed by atoms with Crippen molar-refractivity contribution in [1.82, 2.24) is 4.98 Å². The van der Waals surface area contributed by atoms with Crippen molar-refractivity contribution in [2.24, 2.45) is 0 Å². The van der Waals surface area contributed by atoms with Gasteiger partial charge in [0.25, 0.3) is 5.91 Å². The topological polar surface area (TPSA) is 50.9 Å². The van der Waals surface area contributed by atoms with Crippen LogP contribution in [0.25, 0.3) is 10.2 Å². The second-order valence-corrected chi connectivity index (χ2v) is 8.10. The molecular weight excluding hydrogens is 363 g/mol. The van der Waals surface area contributed by atoms with Crippen LogP contribution in [0.4, 0.5) is 10.1 Å². The minimum absolute atomic E-state index is 0.0646. The number of rotatable bonds is 5. The largest absolute Gasteiger partial charge is 0.321 e. The van der Waals surface area contributed by atoms with Crippen LogP contribution >= 0.6 is 11.3 Å². The second kappa shape index (κ2) is 8.12. The number of hydrogen-bond donors (Lipinski definition) is 3. The van der Waals surface area contributed by atoms with Gasteiger partial charge in [-0.05, 0) is 30.3 Å². The van der Waals surface area contributed by atoms with Crippen molar-refractivity contribution in [2.75, 3.05) is 38.0 Å². The first-order valence-electron chi connectivity index (χ1n) is 9.23. The van der Waals surface area contributed by atoms with Gasteiger partial charge in [-0.25, -0.2) is 9.37 Å². The van der Waals surface area contributed by atoms with Gasteiger partial charge in [-0.1, -0.05) is 18.2 Å². The molecule has 2 aromatic carbocycles. The van der Waals surface area contributed by atoms with Crippen LogP contribution in [0.15, 0.2) is 48.5 Å². The van der Waals surface area contributed by atoms with Gasteiger partial charge in [-0.15, -0.1) is 11.3 Å². The highest BCUT2D eigenvalue weighted by atomic mass is 32.1. The van der Waals surface area contributed by atoms with E-state index in [0.717, 1.165) is 38.2 Å². The number of amides is 1. The lowest BCUT2D eigenvalue weighted by molar-refractivity contribution is -1.01. The van der Waals surface area contributed by atoms with Crippen LogP contribution < -0.4 is 15.1 Å². The molecule has 1 aromatic heterocycles. The molecule has 5 nitrogen and oxygen atoms in total. The number of hydrogen-bond acceptors (Lipinski definition) is 3. The zero-order valence-corrected chi connectivity index (χ0v) is 15.8. The minimum atomic E-state index is -0.341. The maximum absolute atomic E-state index is 13.2. The first kappa shape index (κ1) is 18.0. The van der Waals surface area contributed by atoms with E-state index in [1.165, 1.54) is 31.6 Å². The SMILES string of the molecule is O=C(C[NH+]1CC[NH+](Cc2nc3ccccc3s2)CC1)Nc1cccc(F)c1. The van der Waals surface area contributed by atoms with Crippen LogP contribution in [0.1, 0.15) is 5.01 Å². The zero-order chi connectivity index (χ0) is 18.6. The van der Waals surface area contributed by atoms with E-state index in [1.807, 2.05) is 12.1 Å². The lowest BCUT2D eigenvalue weighted by Gasteiger charge is -2.28. The number of piperazine rings is 1. The molecule has 1 amide bonds. The van der Waals surface area contributed by atoms with Crippen molar-refractivity contribution in [3.63, 3.8) is 0 Å². The van der Waals surface area contributed by atoms with Crippen molar-refractivity contribution in [1.29, 1.82) is 0 Å². The van der Waals surface area contributed by atoms with E-state index >= 15 is 0 Å². The standard InChI is InChI=1S/C20H21FN4OS/c21-15-4-3-5-16(12-15)22-19(26)13-24-8-10-25(11-9-24)14-20-23-17-6-1-2-7-18(17)27-20/h1-7,12H,8-11,13-14H2,(H,22,26)/p+2. The highest BCUT2D eigenvalue weighted by molar-refractivity contribution is 7.18. The Balaban J connectivity index is 1.25. The summed E-state index contributed by atoms with van der Waals surface area (Å²) in [5.74, 6) is -0.405. The predicted octanol–water partition coefficient (Wildman–Crippen LogP) is 0.358. The van der Waals surface area contributed by atoms with Gasteiger partial charge in [-0.3, -0.25) is 4.79 Å². The van der Waals surface area contributed by atoms with Gasteiger partial charge in [-0.2, -0.15) is 0 Å². The Bertz CT molecular complexity index is 903. The third kappa shape index (κ3) is 4.68. The van der Waals surface area contributed by atoms with Crippen LogP contribution in [0.2, 0.25) is 0 Å². The first-order valence-corrected chi connectivity index (χ1v) is 10.0. The molecule has 7 heteroatoms. The normalized spacial score (nSPS) is 19.9. The van der Waals surface area contributed by atoms with Crippen LogP contribution in [-0.4, -0.2) is 43.6 Å². The summed E-state index contributed by atoms with van der Waals surface area (Å²) in [6.07, 6.45) is 0. The van der Waals surface area contributed by atoms with Crippen molar-refractivity contribution in [3.8, 4) is 0 Å². The Morgan fingerprint density at radius 1 is 1.07 bits per heavy atom. The van der Waals surface area contributed by atoms with E-state index in [9.17, 15) is 9.18 Å². The second-order valence-electron chi connectivity index (χ2n) is 6.99. The number of carbonyl (C=O) groups excluding carboxylic acids is 1. The van der Waals surface area contributed by atoms with Gasteiger partial charge >= 0.3 is 0 Å². The summed E-state index contributed by atoms with van der Waals surface area (Å²) >= 11 is 1.77. The number of aromatic nitrogens is 1. The van der Waals surface area contributed by atoms with Gasteiger partial charge in [0, 0.05) is 5.69 Å². The molecule has 0 atom stereocenters. The monoisotopic (exact) mass is 386 g/mol. The number of benzene rings is 2. The number of fused-ring (bicyclic) bond motifs is 1. The lowest BCUT2D eigenvalue weighted by Crippen LogP contribution is -3.28. The molecule has 0 radical (unpaired) electrons. The molecule has 0 bridgehead atoms. The average molecular weight is 386 g/mol. The third-order valence-corrected chi connectivity index (χ3v) is 5.96. The number of halogens is 1. The van der Waals surface area contributed by atoms with E-state index in [1.54, 1.807) is 23.5 Å². The highest BCUT2D eigenvalue weighted by Gasteiger charge is 2.25. The van der Waals surface area contributed by atoms with E-state index in [4.69, 9.17) is 4.98 Å². The van der Waals surface area contributed by atoms with Crippen molar-refractivity contribution >= 4 is 33.1 Å². The molecule has 1 fully saturated rings. The molecule has 4 rings (SSSR count). The quantitative estimate of drug-likeness (QED) is 0.593. The smallest absolute Gasteiger partial charge is 0.279 e. The molecule has 3 aromatic rings. The molecule has 140 valence electrons. The van der Waals surface area contributed by atoms with E-state index in [2.05, 4.69) is 17.4 Å². The number of quaternary nitrogens is 2. The van der Waals surface area contributed by atoms with Gasteiger partial charge in [0.15, 0.2) is 6.54 Å². The predicted molar refractivity (Wildman–Crippen MR) is 105 cm³/mol. The van der Waals surface area contributed by atoms with Crippen LogP contribution in [0, 0.1) is 5.82 Å². The molecule has 0 saturated carbocycles. The molecule has 0 spiro atoms. The molecule has 1 aliphatic heterocycles. The maximum Gasteiger partial charge on any atom is 0.279 e. The summed E-state index contributed by atoms with van der Waals surface area (Å²) in [4.78, 5) is 19.7. The third-order valence-electron chi connectivity index (χ3n) is 4.92.